The van der Waals surface area contributed by atoms with Crippen LogP contribution in [0.15, 0.2) is 0 Å². The van der Waals surface area contributed by atoms with Crippen LogP contribution in [0.25, 0.3) is 0 Å². The molecule has 2 atom stereocenters. The van der Waals surface area contributed by atoms with Crippen molar-refractivity contribution in [2.24, 2.45) is 5.92 Å². The summed E-state index contributed by atoms with van der Waals surface area (Å²) >= 11 is 0. The van der Waals surface area contributed by atoms with Crippen LogP contribution in [0.3, 0.4) is 0 Å². The number of unbranched alkanes of at least 4 members (excludes halogenated alkanes) is 39. The van der Waals surface area contributed by atoms with E-state index in [-0.39, 0.29) is 31.1 Å². The standard InChI is InChI=1S/C58H112O6/c1-5-8-10-12-14-16-18-20-22-24-26-28-30-32-37-41-45-49-56(59)62-52-55(53-63-57(60)50-46-42-38-35-34-36-40-44-48-54(4)7-3)64-58(61)51-47-43-39-33-31-29-27-25-23-21-19-17-15-13-11-9-6-2/h54-55H,5-53H2,1-4H3/t54?,55-/m1/s1. The molecule has 0 aliphatic heterocycles. The molecule has 0 saturated heterocycles. The van der Waals surface area contributed by atoms with E-state index in [1.807, 2.05) is 0 Å². The van der Waals surface area contributed by atoms with E-state index < -0.39 is 6.10 Å². The highest BCUT2D eigenvalue weighted by Crippen LogP contribution is 2.18. The van der Waals surface area contributed by atoms with Crippen molar-refractivity contribution in [3.8, 4) is 0 Å². The second-order valence-corrected chi connectivity index (χ2v) is 20.2. The summed E-state index contributed by atoms with van der Waals surface area (Å²) < 4.78 is 16.9. The quantitative estimate of drug-likeness (QED) is 0.0344. The summed E-state index contributed by atoms with van der Waals surface area (Å²) in [4.78, 5) is 38.1. The molecule has 0 saturated carbocycles. The minimum atomic E-state index is -0.762. The van der Waals surface area contributed by atoms with Gasteiger partial charge in [0, 0.05) is 19.3 Å². The number of esters is 3. The molecule has 0 rings (SSSR count). The van der Waals surface area contributed by atoms with E-state index >= 15 is 0 Å². The van der Waals surface area contributed by atoms with Crippen molar-refractivity contribution >= 4 is 17.9 Å². The molecule has 0 fully saturated rings. The van der Waals surface area contributed by atoms with Crippen LogP contribution < -0.4 is 0 Å². The third kappa shape index (κ3) is 49.8. The Morgan fingerprint density at radius 3 is 0.812 bits per heavy atom. The van der Waals surface area contributed by atoms with Crippen LogP contribution in [0.5, 0.6) is 0 Å². The zero-order valence-corrected chi connectivity index (χ0v) is 43.8. The largest absolute Gasteiger partial charge is 0.462 e. The van der Waals surface area contributed by atoms with E-state index in [1.54, 1.807) is 0 Å². The Balaban J connectivity index is 4.28. The van der Waals surface area contributed by atoms with Gasteiger partial charge in [0.25, 0.3) is 0 Å². The van der Waals surface area contributed by atoms with Crippen molar-refractivity contribution in [1.82, 2.24) is 0 Å². The van der Waals surface area contributed by atoms with Crippen molar-refractivity contribution < 1.29 is 28.6 Å². The summed E-state index contributed by atoms with van der Waals surface area (Å²) in [6.07, 6.45) is 56.6. The molecule has 1 unspecified atom stereocenters. The lowest BCUT2D eigenvalue weighted by atomic mass is 9.99. The van der Waals surface area contributed by atoms with Gasteiger partial charge in [-0.1, -0.05) is 291 Å². The Morgan fingerprint density at radius 2 is 0.547 bits per heavy atom. The zero-order valence-electron chi connectivity index (χ0n) is 43.8. The Bertz CT molecular complexity index is 966. The minimum absolute atomic E-state index is 0.0623. The topological polar surface area (TPSA) is 78.9 Å². The Hall–Kier alpha value is -1.59. The van der Waals surface area contributed by atoms with E-state index in [1.165, 1.54) is 225 Å². The number of rotatable bonds is 53. The summed E-state index contributed by atoms with van der Waals surface area (Å²) in [7, 11) is 0. The SMILES string of the molecule is CCCCCCCCCCCCCCCCCCCC(=O)OC[C@H](COC(=O)CCCCCCCCCCC(C)CC)OC(=O)CCCCCCCCCCCCCCCCCCC. The maximum atomic E-state index is 12.8. The average Bonchev–Trinajstić information content (AvgIpc) is 3.29. The summed E-state index contributed by atoms with van der Waals surface area (Å²) in [6, 6.07) is 0. The molecule has 0 aromatic heterocycles. The number of hydrogen-bond acceptors (Lipinski definition) is 6. The number of carbonyl (C=O) groups excluding carboxylic acids is 3. The number of carbonyl (C=O) groups is 3. The molecule has 0 heterocycles. The molecule has 380 valence electrons. The lowest BCUT2D eigenvalue weighted by molar-refractivity contribution is -0.167. The lowest BCUT2D eigenvalue weighted by Crippen LogP contribution is -2.30. The van der Waals surface area contributed by atoms with Crippen molar-refractivity contribution in [1.29, 1.82) is 0 Å². The molecule has 0 aliphatic carbocycles. The molecule has 0 N–H and O–H groups in total. The van der Waals surface area contributed by atoms with Crippen molar-refractivity contribution in [2.45, 2.75) is 336 Å². The van der Waals surface area contributed by atoms with E-state index in [2.05, 4.69) is 27.7 Å². The van der Waals surface area contributed by atoms with Crippen molar-refractivity contribution in [2.75, 3.05) is 13.2 Å². The van der Waals surface area contributed by atoms with Crippen LogP contribution in [0.1, 0.15) is 329 Å². The molecule has 6 nitrogen and oxygen atoms in total. The Morgan fingerprint density at radius 1 is 0.312 bits per heavy atom. The minimum Gasteiger partial charge on any atom is -0.462 e. The second-order valence-electron chi connectivity index (χ2n) is 20.2. The van der Waals surface area contributed by atoms with Gasteiger partial charge in [-0.15, -0.1) is 0 Å². The molecular formula is C58H112O6. The first-order valence-corrected chi connectivity index (χ1v) is 28.9. The van der Waals surface area contributed by atoms with Gasteiger partial charge in [0.05, 0.1) is 0 Å². The molecule has 6 heteroatoms. The van der Waals surface area contributed by atoms with Crippen LogP contribution in [-0.2, 0) is 28.6 Å². The maximum Gasteiger partial charge on any atom is 0.306 e. The predicted octanol–water partition coefficient (Wildman–Crippen LogP) is 19.0. The van der Waals surface area contributed by atoms with E-state index in [4.69, 9.17) is 14.2 Å². The highest BCUT2D eigenvalue weighted by atomic mass is 16.6. The van der Waals surface area contributed by atoms with Gasteiger partial charge in [0.2, 0.25) is 0 Å². The maximum absolute atomic E-state index is 12.8. The third-order valence-corrected chi connectivity index (χ3v) is 13.7. The highest BCUT2D eigenvalue weighted by molar-refractivity contribution is 5.71. The van der Waals surface area contributed by atoms with Gasteiger partial charge in [0.1, 0.15) is 13.2 Å². The first-order valence-electron chi connectivity index (χ1n) is 28.9. The summed E-state index contributed by atoms with van der Waals surface area (Å²) in [5.41, 5.74) is 0. The molecule has 0 bridgehead atoms. The molecule has 0 amide bonds. The molecule has 0 radical (unpaired) electrons. The predicted molar refractivity (Wildman–Crippen MR) is 275 cm³/mol. The lowest BCUT2D eigenvalue weighted by Gasteiger charge is -2.18. The second kappa shape index (κ2) is 52.4. The summed E-state index contributed by atoms with van der Waals surface area (Å²) in [5.74, 6) is 0.0102. The fourth-order valence-electron chi connectivity index (χ4n) is 8.89. The van der Waals surface area contributed by atoms with Crippen LogP contribution in [0.2, 0.25) is 0 Å². The molecule has 0 aromatic carbocycles. The molecule has 0 aromatic rings. The first-order chi connectivity index (χ1) is 31.4. The van der Waals surface area contributed by atoms with Crippen LogP contribution in [-0.4, -0.2) is 37.2 Å². The Labute approximate surface area is 399 Å². The van der Waals surface area contributed by atoms with Gasteiger partial charge in [-0.3, -0.25) is 14.4 Å². The van der Waals surface area contributed by atoms with Gasteiger partial charge in [-0.2, -0.15) is 0 Å². The van der Waals surface area contributed by atoms with Crippen molar-refractivity contribution in [3.05, 3.63) is 0 Å². The third-order valence-electron chi connectivity index (χ3n) is 13.7. The fraction of sp³-hybridized carbons (Fsp3) is 0.948. The van der Waals surface area contributed by atoms with Crippen LogP contribution in [0.4, 0.5) is 0 Å². The van der Waals surface area contributed by atoms with Gasteiger partial charge < -0.3 is 14.2 Å². The zero-order chi connectivity index (χ0) is 46.7. The summed E-state index contributed by atoms with van der Waals surface area (Å²) in [6.45, 7) is 9.06. The van der Waals surface area contributed by atoms with Gasteiger partial charge in [-0.25, -0.2) is 0 Å². The molecular weight excluding hydrogens is 793 g/mol. The normalized spacial score (nSPS) is 12.4. The van der Waals surface area contributed by atoms with E-state index in [9.17, 15) is 14.4 Å². The van der Waals surface area contributed by atoms with E-state index in [0.717, 1.165) is 63.7 Å². The highest BCUT2D eigenvalue weighted by Gasteiger charge is 2.19. The number of hydrogen-bond donors (Lipinski definition) is 0. The smallest absolute Gasteiger partial charge is 0.306 e. The van der Waals surface area contributed by atoms with Crippen molar-refractivity contribution in [3.63, 3.8) is 0 Å². The Kier molecular flexibility index (Phi) is 51.1. The van der Waals surface area contributed by atoms with Crippen LogP contribution in [0, 0.1) is 5.92 Å². The number of ether oxygens (including phenoxy) is 3. The summed E-state index contributed by atoms with van der Waals surface area (Å²) in [5, 5.41) is 0. The average molecular weight is 906 g/mol. The van der Waals surface area contributed by atoms with Crippen LogP contribution >= 0.6 is 0 Å². The van der Waals surface area contributed by atoms with Gasteiger partial charge in [0.15, 0.2) is 6.10 Å². The van der Waals surface area contributed by atoms with Gasteiger partial charge >= 0.3 is 17.9 Å². The van der Waals surface area contributed by atoms with Gasteiger partial charge in [-0.05, 0) is 25.2 Å². The first kappa shape index (κ1) is 62.4. The molecule has 0 aliphatic rings. The van der Waals surface area contributed by atoms with E-state index in [0.29, 0.717) is 19.3 Å². The molecule has 0 spiro atoms. The fourth-order valence-corrected chi connectivity index (χ4v) is 8.89. The molecule has 64 heavy (non-hydrogen) atoms. The monoisotopic (exact) mass is 905 g/mol.